The van der Waals surface area contributed by atoms with Gasteiger partial charge in [0.05, 0.1) is 19.4 Å². The average molecular weight is 466 g/mol. The number of anilines is 1. The van der Waals surface area contributed by atoms with Crippen molar-refractivity contribution in [1.29, 1.82) is 0 Å². The molecule has 0 bridgehead atoms. The number of carbonyl (C=O) groups excluding carboxylic acids is 2. The number of amides is 1. The first-order chi connectivity index (χ1) is 13.8. The van der Waals surface area contributed by atoms with E-state index in [1.807, 2.05) is 6.92 Å². The fourth-order valence-corrected chi connectivity index (χ4v) is 2.65. The number of methoxy groups -OCH3 is 1. The van der Waals surface area contributed by atoms with E-state index < -0.39 is 23.8 Å². The maximum Gasteiger partial charge on any atom is 0.331 e. The Balaban J connectivity index is 1.96. The molecule has 8 heteroatoms. The van der Waals surface area contributed by atoms with Crippen LogP contribution in [-0.2, 0) is 14.3 Å². The van der Waals surface area contributed by atoms with Crippen molar-refractivity contribution >= 4 is 39.6 Å². The maximum absolute atomic E-state index is 13.8. The normalized spacial score (nSPS) is 11.8. The van der Waals surface area contributed by atoms with Crippen LogP contribution in [0.25, 0.3) is 6.08 Å². The summed E-state index contributed by atoms with van der Waals surface area (Å²) in [6.45, 7) is 3.77. The van der Waals surface area contributed by atoms with Gasteiger partial charge in [0.25, 0.3) is 5.91 Å². The molecule has 0 aliphatic carbocycles. The van der Waals surface area contributed by atoms with Crippen LogP contribution in [0.1, 0.15) is 19.4 Å². The van der Waals surface area contributed by atoms with Crippen molar-refractivity contribution in [1.82, 2.24) is 0 Å². The fourth-order valence-electron chi connectivity index (χ4n) is 2.32. The van der Waals surface area contributed by atoms with Crippen molar-refractivity contribution < 1.29 is 28.2 Å². The minimum absolute atomic E-state index is 0.00174. The minimum atomic E-state index is -1.11. The third-order valence-electron chi connectivity index (χ3n) is 3.75. The molecule has 0 aliphatic heterocycles. The molecule has 0 aromatic heterocycles. The molecule has 1 atom stereocenters. The van der Waals surface area contributed by atoms with Gasteiger partial charge in [-0.05, 0) is 55.8 Å². The molecule has 0 fully saturated rings. The number of benzene rings is 2. The molecule has 154 valence electrons. The largest absolute Gasteiger partial charge is 0.493 e. The van der Waals surface area contributed by atoms with Crippen LogP contribution in [0.4, 0.5) is 10.1 Å². The molecule has 0 aliphatic rings. The Morgan fingerprint density at radius 1 is 1.21 bits per heavy atom. The Morgan fingerprint density at radius 3 is 2.62 bits per heavy atom. The second-order valence-electron chi connectivity index (χ2n) is 5.87. The minimum Gasteiger partial charge on any atom is -0.493 e. The monoisotopic (exact) mass is 465 g/mol. The number of hydrogen-bond acceptors (Lipinski definition) is 5. The first-order valence-electron chi connectivity index (χ1n) is 8.79. The number of halogens is 2. The molecule has 6 nitrogen and oxygen atoms in total. The van der Waals surface area contributed by atoms with Crippen LogP contribution in [0.15, 0.2) is 46.9 Å². The molecule has 1 amide bonds. The maximum atomic E-state index is 13.8. The third kappa shape index (κ3) is 6.60. The van der Waals surface area contributed by atoms with Gasteiger partial charge in [-0.3, -0.25) is 4.79 Å². The van der Waals surface area contributed by atoms with Gasteiger partial charge in [0.2, 0.25) is 0 Å². The molecular weight excluding hydrogens is 445 g/mol. The zero-order valence-electron chi connectivity index (χ0n) is 16.2. The molecule has 1 N–H and O–H groups in total. The Kier molecular flexibility index (Phi) is 8.21. The molecule has 0 radical (unpaired) electrons. The Morgan fingerprint density at radius 2 is 1.97 bits per heavy atom. The number of rotatable bonds is 8. The molecule has 2 aromatic rings. The summed E-state index contributed by atoms with van der Waals surface area (Å²) >= 11 is 3.14. The number of carbonyl (C=O) groups is 2. The summed E-state index contributed by atoms with van der Waals surface area (Å²) in [4.78, 5) is 24.1. The number of hydrogen-bond donors (Lipinski definition) is 1. The van der Waals surface area contributed by atoms with E-state index in [1.54, 1.807) is 24.3 Å². The second-order valence-corrected chi connectivity index (χ2v) is 6.78. The Bertz CT molecular complexity index is 916. The number of esters is 1. The summed E-state index contributed by atoms with van der Waals surface area (Å²) in [6.07, 6.45) is 1.61. The van der Waals surface area contributed by atoms with Crippen LogP contribution in [-0.4, -0.2) is 31.7 Å². The van der Waals surface area contributed by atoms with Crippen LogP contribution < -0.4 is 14.8 Å². The highest BCUT2D eigenvalue weighted by atomic mass is 79.9. The first-order valence-corrected chi connectivity index (χ1v) is 9.58. The Hall–Kier alpha value is -2.87. The molecular formula is C21H21BrFNO5. The van der Waals surface area contributed by atoms with Gasteiger partial charge in [0.1, 0.15) is 5.82 Å². The third-order valence-corrected chi connectivity index (χ3v) is 4.24. The van der Waals surface area contributed by atoms with Crippen LogP contribution >= 0.6 is 15.9 Å². The van der Waals surface area contributed by atoms with Crippen LogP contribution in [0, 0.1) is 5.82 Å². The van der Waals surface area contributed by atoms with Crippen molar-refractivity contribution in [2.75, 3.05) is 19.0 Å². The van der Waals surface area contributed by atoms with Gasteiger partial charge in [-0.15, -0.1) is 0 Å². The van der Waals surface area contributed by atoms with Crippen LogP contribution in [0.3, 0.4) is 0 Å². The predicted octanol–water partition coefficient (Wildman–Crippen LogP) is 4.58. The average Bonchev–Trinajstić information content (AvgIpc) is 2.69. The van der Waals surface area contributed by atoms with Gasteiger partial charge in [-0.1, -0.05) is 22.0 Å². The molecule has 0 saturated carbocycles. The van der Waals surface area contributed by atoms with E-state index in [2.05, 4.69) is 21.2 Å². The van der Waals surface area contributed by atoms with Crippen molar-refractivity contribution in [3.63, 3.8) is 0 Å². The zero-order valence-corrected chi connectivity index (χ0v) is 17.8. The summed E-state index contributed by atoms with van der Waals surface area (Å²) in [7, 11) is 1.52. The second kappa shape index (κ2) is 10.6. The van der Waals surface area contributed by atoms with E-state index in [0.717, 1.165) is 0 Å². The standard InChI is InChI=1S/C21H21BrFNO5/c1-4-28-18-9-5-14(11-19(18)27-3)6-10-20(25)29-13(2)21(26)24-17-8-7-15(22)12-16(17)23/h5-13H,4H2,1-3H3,(H,24,26)/b10-6-/t13-/m0/s1. The lowest BCUT2D eigenvalue weighted by Gasteiger charge is -2.13. The van der Waals surface area contributed by atoms with Gasteiger partial charge < -0.3 is 19.5 Å². The lowest BCUT2D eigenvalue weighted by Crippen LogP contribution is -2.29. The topological polar surface area (TPSA) is 73.9 Å². The van der Waals surface area contributed by atoms with E-state index in [1.165, 1.54) is 38.3 Å². The summed E-state index contributed by atoms with van der Waals surface area (Å²) in [5.41, 5.74) is 0.689. The summed E-state index contributed by atoms with van der Waals surface area (Å²) < 4.78 is 30.1. The first kappa shape index (κ1) is 22.4. The summed E-state index contributed by atoms with van der Waals surface area (Å²) in [6, 6.07) is 9.41. The molecule has 0 heterocycles. The summed E-state index contributed by atoms with van der Waals surface area (Å²) in [5, 5.41) is 2.38. The van der Waals surface area contributed by atoms with Crippen molar-refractivity contribution in [2.45, 2.75) is 20.0 Å². The zero-order chi connectivity index (χ0) is 21.4. The van der Waals surface area contributed by atoms with Crippen molar-refractivity contribution in [2.24, 2.45) is 0 Å². The highest BCUT2D eigenvalue weighted by Crippen LogP contribution is 2.28. The SMILES string of the molecule is CCOc1ccc(/C=C\C(=O)O[C@@H](C)C(=O)Nc2ccc(Br)cc2F)cc1OC. The molecule has 2 rings (SSSR count). The summed E-state index contributed by atoms with van der Waals surface area (Å²) in [5.74, 6) is -0.824. The van der Waals surface area contributed by atoms with E-state index >= 15 is 0 Å². The molecule has 29 heavy (non-hydrogen) atoms. The molecule has 0 saturated heterocycles. The lowest BCUT2D eigenvalue weighted by atomic mass is 10.2. The fraction of sp³-hybridized carbons (Fsp3) is 0.238. The van der Waals surface area contributed by atoms with Crippen LogP contribution in [0.5, 0.6) is 11.5 Å². The number of nitrogens with one attached hydrogen (secondary N) is 1. The van der Waals surface area contributed by atoms with Crippen LogP contribution in [0.2, 0.25) is 0 Å². The van der Waals surface area contributed by atoms with Gasteiger partial charge in [-0.2, -0.15) is 0 Å². The highest BCUT2D eigenvalue weighted by molar-refractivity contribution is 9.10. The smallest absolute Gasteiger partial charge is 0.331 e. The lowest BCUT2D eigenvalue weighted by molar-refractivity contribution is -0.148. The molecule has 0 spiro atoms. The quantitative estimate of drug-likeness (QED) is 0.456. The van der Waals surface area contributed by atoms with Crippen molar-refractivity contribution in [3.8, 4) is 11.5 Å². The highest BCUT2D eigenvalue weighted by Gasteiger charge is 2.18. The van der Waals surface area contributed by atoms with Crippen molar-refractivity contribution in [3.05, 3.63) is 58.3 Å². The predicted molar refractivity (Wildman–Crippen MR) is 111 cm³/mol. The van der Waals surface area contributed by atoms with Gasteiger partial charge in [0, 0.05) is 10.5 Å². The number of ether oxygens (including phenoxy) is 3. The van der Waals surface area contributed by atoms with E-state index in [-0.39, 0.29) is 5.69 Å². The van der Waals surface area contributed by atoms with E-state index in [0.29, 0.717) is 28.1 Å². The molecule has 0 unspecified atom stereocenters. The van der Waals surface area contributed by atoms with E-state index in [9.17, 15) is 14.0 Å². The van der Waals surface area contributed by atoms with Gasteiger partial charge in [0.15, 0.2) is 17.6 Å². The van der Waals surface area contributed by atoms with E-state index in [4.69, 9.17) is 14.2 Å². The molecule has 2 aromatic carbocycles. The Labute approximate surface area is 176 Å². The van der Waals surface area contributed by atoms with Gasteiger partial charge >= 0.3 is 5.97 Å². The van der Waals surface area contributed by atoms with Gasteiger partial charge in [-0.25, -0.2) is 9.18 Å².